The lowest BCUT2D eigenvalue weighted by atomic mass is 10.1. The Morgan fingerprint density at radius 1 is 1.14 bits per heavy atom. The molecule has 0 saturated carbocycles. The van der Waals surface area contributed by atoms with Gasteiger partial charge >= 0.3 is 5.97 Å². The molecule has 0 fully saturated rings. The fourth-order valence-electron chi connectivity index (χ4n) is 2.30. The third kappa shape index (κ3) is 5.77. The lowest BCUT2D eigenvalue weighted by molar-refractivity contribution is -0.136. The number of ether oxygens (including phenoxy) is 1. The van der Waals surface area contributed by atoms with Crippen molar-refractivity contribution in [2.24, 2.45) is 0 Å². The van der Waals surface area contributed by atoms with E-state index < -0.39 is 5.97 Å². The fraction of sp³-hybridized carbons (Fsp3) is 0.158. The number of anilines is 1. The van der Waals surface area contributed by atoms with E-state index in [0.717, 1.165) is 16.9 Å². The van der Waals surface area contributed by atoms with E-state index in [2.05, 4.69) is 15.5 Å². The van der Waals surface area contributed by atoms with Crippen LogP contribution in [0.3, 0.4) is 0 Å². The van der Waals surface area contributed by atoms with E-state index in [-0.39, 0.29) is 23.9 Å². The second-order valence-corrected chi connectivity index (χ2v) is 7.29. The molecular formula is C19H16ClN3O4S. The van der Waals surface area contributed by atoms with Crippen LogP contribution in [0.25, 0.3) is 0 Å². The number of nitrogens with one attached hydrogen (secondary N) is 1. The van der Waals surface area contributed by atoms with Crippen LogP contribution in [0.5, 0.6) is 5.75 Å². The van der Waals surface area contributed by atoms with Crippen LogP contribution >= 0.6 is 22.9 Å². The van der Waals surface area contributed by atoms with Gasteiger partial charge in [-0.2, -0.15) is 0 Å². The zero-order valence-corrected chi connectivity index (χ0v) is 16.2. The highest BCUT2D eigenvalue weighted by molar-refractivity contribution is 7.13. The van der Waals surface area contributed by atoms with E-state index in [1.54, 1.807) is 36.4 Å². The number of rotatable bonds is 8. The van der Waals surface area contributed by atoms with Crippen molar-refractivity contribution in [3.8, 4) is 5.75 Å². The number of carboxylic acids is 1. The number of amides is 1. The number of aliphatic carboxylic acids is 1. The van der Waals surface area contributed by atoms with Crippen molar-refractivity contribution < 1.29 is 19.4 Å². The third-order valence-electron chi connectivity index (χ3n) is 3.66. The average molecular weight is 418 g/mol. The topological polar surface area (TPSA) is 101 Å². The summed E-state index contributed by atoms with van der Waals surface area (Å²) in [7, 11) is 0. The van der Waals surface area contributed by atoms with Gasteiger partial charge in [0.2, 0.25) is 5.01 Å². The molecule has 144 valence electrons. The summed E-state index contributed by atoms with van der Waals surface area (Å²) < 4.78 is 5.64. The molecule has 1 heterocycles. The van der Waals surface area contributed by atoms with Crippen molar-refractivity contribution in [1.29, 1.82) is 0 Å². The first-order valence-electron chi connectivity index (χ1n) is 8.32. The smallest absolute Gasteiger partial charge is 0.303 e. The van der Waals surface area contributed by atoms with Gasteiger partial charge in [0, 0.05) is 17.1 Å². The Morgan fingerprint density at radius 3 is 2.64 bits per heavy atom. The summed E-state index contributed by atoms with van der Waals surface area (Å²) in [6.45, 7) is 0.177. The maximum atomic E-state index is 12.2. The van der Waals surface area contributed by atoms with Gasteiger partial charge in [-0.25, -0.2) is 0 Å². The van der Waals surface area contributed by atoms with Crippen LogP contribution in [0, 0.1) is 0 Å². The number of carbonyl (C=O) groups excluding carboxylic acids is 1. The first kappa shape index (κ1) is 19.8. The minimum Gasteiger partial charge on any atom is -0.486 e. The molecule has 1 aromatic heterocycles. The molecule has 2 aromatic carbocycles. The molecule has 28 heavy (non-hydrogen) atoms. The number of benzene rings is 2. The lowest BCUT2D eigenvalue weighted by Crippen LogP contribution is -2.11. The fourth-order valence-corrected chi connectivity index (χ4v) is 3.14. The predicted molar refractivity (Wildman–Crippen MR) is 106 cm³/mol. The second-order valence-electron chi connectivity index (χ2n) is 5.79. The highest BCUT2D eigenvalue weighted by Crippen LogP contribution is 2.19. The molecule has 7 nitrogen and oxygen atoms in total. The molecule has 3 aromatic rings. The van der Waals surface area contributed by atoms with E-state index in [9.17, 15) is 9.59 Å². The number of carboxylic acid groups (broad SMARTS) is 1. The van der Waals surface area contributed by atoms with E-state index in [1.807, 2.05) is 12.1 Å². The number of carbonyl (C=O) groups is 2. The van der Waals surface area contributed by atoms with Crippen molar-refractivity contribution in [2.75, 3.05) is 5.32 Å². The maximum Gasteiger partial charge on any atom is 0.303 e. The molecule has 0 saturated heterocycles. The molecular weight excluding hydrogens is 402 g/mol. The van der Waals surface area contributed by atoms with E-state index in [0.29, 0.717) is 27.9 Å². The summed E-state index contributed by atoms with van der Waals surface area (Å²) in [5.74, 6) is -0.570. The molecule has 3 rings (SSSR count). The Balaban J connectivity index is 1.53. The quantitative estimate of drug-likeness (QED) is 0.573. The molecule has 0 spiro atoms. The van der Waals surface area contributed by atoms with Gasteiger partial charge in [0.1, 0.15) is 12.4 Å². The number of nitrogens with zero attached hydrogens (tertiary/aromatic N) is 2. The molecule has 2 N–H and O–H groups in total. The minimum absolute atomic E-state index is 0.0883. The van der Waals surface area contributed by atoms with Gasteiger partial charge in [0.05, 0.1) is 0 Å². The van der Waals surface area contributed by atoms with Crippen LogP contribution < -0.4 is 10.1 Å². The van der Waals surface area contributed by atoms with Gasteiger partial charge in [-0.3, -0.25) is 9.59 Å². The number of halogens is 1. The molecule has 0 radical (unpaired) electrons. The Bertz CT molecular complexity index is 975. The third-order valence-corrected chi connectivity index (χ3v) is 4.79. The molecule has 0 aliphatic carbocycles. The lowest BCUT2D eigenvalue weighted by Gasteiger charge is -2.05. The monoisotopic (exact) mass is 417 g/mol. The van der Waals surface area contributed by atoms with Gasteiger partial charge in [-0.15, -0.1) is 10.2 Å². The van der Waals surface area contributed by atoms with Gasteiger partial charge in [0.25, 0.3) is 5.91 Å². The largest absolute Gasteiger partial charge is 0.486 e. The first-order chi connectivity index (χ1) is 13.5. The SMILES string of the molecule is O=C(O)CCc1ccc(OCc2nnc(C(=O)Nc3cccc(Cl)c3)s2)cc1. The first-order valence-corrected chi connectivity index (χ1v) is 9.52. The van der Waals surface area contributed by atoms with Crippen molar-refractivity contribution in [3.63, 3.8) is 0 Å². The van der Waals surface area contributed by atoms with Gasteiger partial charge < -0.3 is 15.2 Å². The number of aromatic nitrogens is 2. The van der Waals surface area contributed by atoms with E-state index >= 15 is 0 Å². The maximum absolute atomic E-state index is 12.2. The van der Waals surface area contributed by atoms with Crippen LogP contribution in [-0.4, -0.2) is 27.2 Å². The van der Waals surface area contributed by atoms with Crippen molar-refractivity contribution in [1.82, 2.24) is 10.2 Å². The summed E-state index contributed by atoms with van der Waals surface area (Å²) in [6, 6.07) is 14.0. The Morgan fingerprint density at radius 2 is 1.93 bits per heavy atom. The van der Waals surface area contributed by atoms with Crippen molar-refractivity contribution in [3.05, 3.63) is 69.1 Å². The van der Waals surface area contributed by atoms with Gasteiger partial charge in [-0.05, 0) is 42.3 Å². The standard InChI is InChI=1S/C19H16ClN3O4S/c20-13-2-1-3-14(10-13)21-18(26)19-23-22-16(28-19)11-27-15-7-4-12(5-8-15)6-9-17(24)25/h1-5,7-8,10H,6,9,11H2,(H,21,26)(H,24,25). The normalized spacial score (nSPS) is 10.5. The summed E-state index contributed by atoms with van der Waals surface area (Å²) in [4.78, 5) is 22.8. The van der Waals surface area contributed by atoms with E-state index in [4.69, 9.17) is 21.4 Å². The van der Waals surface area contributed by atoms with E-state index in [1.165, 1.54) is 0 Å². The zero-order valence-electron chi connectivity index (χ0n) is 14.6. The molecule has 0 bridgehead atoms. The van der Waals surface area contributed by atoms with Crippen LogP contribution in [0.2, 0.25) is 5.02 Å². The molecule has 0 aliphatic heterocycles. The molecule has 0 unspecified atom stereocenters. The minimum atomic E-state index is -0.827. The highest BCUT2D eigenvalue weighted by atomic mass is 35.5. The highest BCUT2D eigenvalue weighted by Gasteiger charge is 2.13. The van der Waals surface area contributed by atoms with Gasteiger partial charge in [0.15, 0.2) is 5.01 Å². The zero-order chi connectivity index (χ0) is 19.9. The summed E-state index contributed by atoms with van der Waals surface area (Å²) >= 11 is 7.04. The van der Waals surface area contributed by atoms with Crippen LogP contribution in [0.15, 0.2) is 48.5 Å². The number of hydrogen-bond donors (Lipinski definition) is 2. The summed E-state index contributed by atoms with van der Waals surface area (Å²) in [5, 5.41) is 20.6. The molecule has 9 heteroatoms. The second kappa shape index (κ2) is 9.29. The Hall–Kier alpha value is -2.97. The van der Waals surface area contributed by atoms with Crippen molar-refractivity contribution in [2.45, 2.75) is 19.4 Å². The molecule has 0 aliphatic rings. The van der Waals surface area contributed by atoms with Crippen LogP contribution in [0.1, 0.15) is 26.8 Å². The summed E-state index contributed by atoms with van der Waals surface area (Å²) in [6.07, 6.45) is 0.558. The summed E-state index contributed by atoms with van der Waals surface area (Å²) in [5.41, 5.74) is 1.50. The van der Waals surface area contributed by atoms with Crippen molar-refractivity contribution >= 4 is 40.5 Å². The molecule has 0 atom stereocenters. The predicted octanol–water partition coefficient (Wildman–Crippen LogP) is 4.04. The van der Waals surface area contributed by atoms with Crippen LogP contribution in [-0.2, 0) is 17.8 Å². The number of aryl methyl sites for hydroxylation is 1. The van der Waals surface area contributed by atoms with Gasteiger partial charge in [-0.1, -0.05) is 41.1 Å². The average Bonchev–Trinajstić information content (AvgIpc) is 3.15. The van der Waals surface area contributed by atoms with Crippen LogP contribution in [0.4, 0.5) is 5.69 Å². The number of hydrogen-bond acceptors (Lipinski definition) is 6. The Kier molecular flexibility index (Phi) is 6.57. The molecule has 1 amide bonds. The Labute approximate surface area is 170 Å².